The number of rotatable bonds is 1. The topological polar surface area (TPSA) is 37.0 Å². The van der Waals surface area contributed by atoms with Crippen molar-refractivity contribution in [2.24, 2.45) is 0 Å². The molecular weight excluding hydrogens is 397 g/mol. The van der Waals surface area contributed by atoms with Crippen LogP contribution in [0.15, 0.2) is 83.9 Å². The van der Waals surface area contributed by atoms with E-state index in [4.69, 9.17) is 4.74 Å². The number of aromatic nitrogens is 1. The summed E-state index contributed by atoms with van der Waals surface area (Å²) in [5, 5.41) is 1.28. The lowest BCUT2D eigenvalue weighted by Gasteiger charge is -2.20. The largest absolute Gasteiger partial charge is 0.476 e. The highest BCUT2D eigenvalue weighted by atomic mass is 32.2. The highest BCUT2D eigenvalue weighted by Crippen LogP contribution is 2.40. The fraction of sp³-hybridized carbons (Fsp3) is 0.0909. The molecule has 3 aromatic carbocycles. The van der Waals surface area contributed by atoms with Gasteiger partial charge >= 0.3 is 6.18 Å². The van der Waals surface area contributed by atoms with Gasteiger partial charge in [0.2, 0.25) is 0 Å². The van der Waals surface area contributed by atoms with Crippen molar-refractivity contribution in [3.8, 4) is 16.9 Å². The number of H-pyrrole nitrogens is 1. The van der Waals surface area contributed by atoms with Crippen LogP contribution in [0.25, 0.3) is 22.0 Å². The summed E-state index contributed by atoms with van der Waals surface area (Å²) >= 11 is 1.42. The van der Waals surface area contributed by atoms with Crippen molar-refractivity contribution in [2.75, 3.05) is 6.73 Å². The standard InChI is InChI=1S/C14H10F3NOS.C8H7N/c15-14(16,17)10-6-4-9(5-7-10)11-2-1-3-12-13(11)20-18-8-19-12;1-2-4-8-7(3-1)5-6-9-8/h1-7,18H,8H2;1-6,9H. The van der Waals surface area contributed by atoms with Gasteiger partial charge in [-0.15, -0.1) is 0 Å². The molecule has 0 amide bonds. The Morgan fingerprint density at radius 1 is 0.862 bits per heavy atom. The molecule has 0 saturated carbocycles. The third-order valence-corrected chi connectivity index (χ3v) is 5.31. The predicted molar refractivity (Wildman–Crippen MR) is 110 cm³/mol. The number of fused-ring (bicyclic) bond motifs is 2. The van der Waals surface area contributed by atoms with Crippen molar-refractivity contribution in [2.45, 2.75) is 11.1 Å². The molecule has 2 heterocycles. The highest BCUT2D eigenvalue weighted by Gasteiger charge is 2.30. The van der Waals surface area contributed by atoms with Crippen LogP contribution in [0.5, 0.6) is 5.75 Å². The van der Waals surface area contributed by atoms with Crippen LogP contribution in [-0.4, -0.2) is 11.7 Å². The van der Waals surface area contributed by atoms with Gasteiger partial charge < -0.3 is 9.72 Å². The van der Waals surface area contributed by atoms with E-state index >= 15 is 0 Å². The van der Waals surface area contributed by atoms with E-state index in [9.17, 15) is 13.2 Å². The molecule has 0 radical (unpaired) electrons. The molecule has 0 unspecified atom stereocenters. The molecule has 148 valence electrons. The normalized spacial score (nSPS) is 13.2. The minimum absolute atomic E-state index is 0.411. The zero-order valence-electron chi connectivity index (χ0n) is 15.2. The van der Waals surface area contributed by atoms with E-state index in [2.05, 4.69) is 27.9 Å². The maximum Gasteiger partial charge on any atom is 0.416 e. The van der Waals surface area contributed by atoms with Gasteiger partial charge in [-0.1, -0.05) is 42.5 Å². The number of hydrogen-bond acceptors (Lipinski definition) is 3. The van der Waals surface area contributed by atoms with Gasteiger partial charge in [-0.25, -0.2) is 4.72 Å². The summed E-state index contributed by atoms with van der Waals surface area (Å²) in [5.74, 6) is 0.742. The summed E-state index contributed by atoms with van der Waals surface area (Å²) in [7, 11) is 0. The fourth-order valence-electron chi connectivity index (χ4n) is 3.00. The van der Waals surface area contributed by atoms with Crippen LogP contribution in [0.4, 0.5) is 13.2 Å². The molecule has 1 aliphatic heterocycles. The number of hydrogen-bond donors (Lipinski definition) is 2. The van der Waals surface area contributed by atoms with Crippen molar-refractivity contribution < 1.29 is 17.9 Å². The van der Waals surface area contributed by atoms with Crippen LogP contribution >= 0.6 is 11.9 Å². The Labute approximate surface area is 170 Å². The van der Waals surface area contributed by atoms with Crippen LogP contribution in [0.2, 0.25) is 0 Å². The lowest BCUT2D eigenvalue weighted by molar-refractivity contribution is -0.137. The first-order valence-corrected chi connectivity index (χ1v) is 9.69. The van der Waals surface area contributed by atoms with Crippen molar-refractivity contribution in [1.29, 1.82) is 0 Å². The molecule has 29 heavy (non-hydrogen) atoms. The molecule has 4 aromatic rings. The molecule has 1 aliphatic rings. The average molecular weight is 414 g/mol. The van der Waals surface area contributed by atoms with Crippen LogP contribution in [-0.2, 0) is 6.18 Å². The van der Waals surface area contributed by atoms with Crippen molar-refractivity contribution in [3.63, 3.8) is 0 Å². The maximum atomic E-state index is 12.6. The maximum absolute atomic E-state index is 12.6. The minimum atomic E-state index is -4.31. The average Bonchev–Trinajstić information content (AvgIpc) is 3.22. The number of halogens is 3. The molecule has 0 spiro atoms. The first kappa shape index (κ1) is 19.4. The number of ether oxygens (including phenoxy) is 1. The molecule has 0 saturated heterocycles. The third kappa shape index (κ3) is 4.41. The van der Waals surface area contributed by atoms with Crippen molar-refractivity contribution >= 4 is 22.9 Å². The second kappa shape index (κ2) is 8.23. The lowest BCUT2D eigenvalue weighted by atomic mass is 10.0. The molecule has 0 aliphatic carbocycles. The molecule has 1 aromatic heterocycles. The Morgan fingerprint density at radius 2 is 1.66 bits per heavy atom. The Bertz CT molecular complexity index is 1080. The number of para-hydroxylation sites is 1. The summed E-state index contributed by atoms with van der Waals surface area (Å²) in [4.78, 5) is 4.01. The van der Waals surface area contributed by atoms with Gasteiger partial charge in [-0.05, 0) is 53.2 Å². The second-order valence-corrected chi connectivity index (χ2v) is 7.21. The first-order chi connectivity index (χ1) is 14.0. The monoisotopic (exact) mass is 414 g/mol. The van der Waals surface area contributed by atoms with Gasteiger partial charge in [-0.3, -0.25) is 0 Å². The summed E-state index contributed by atoms with van der Waals surface area (Å²) < 4.78 is 46.1. The van der Waals surface area contributed by atoms with E-state index in [1.165, 1.54) is 35.0 Å². The summed E-state index contributed by atoms with van der Waals surface area (Å²) in [5.41, 5.74) is 2.15. The molecule has 3 nitrogen and oxygen atoms in total. The Hall–Kier alpha value is -2.90. The Morgan fingerprint density at radius 3 is 2.41 bits per heavy atom. The second-order valence-electron chi connectivity index (χ2n) is 6.31. The van der Waals surface area contributed by atoms with Crippen LogP contribution < -0.4 is 9.46 Å². The van der Waals surface area contributed by atoms with Gasteiger partial charge in [0.1, 0.15) is 12.5 Å². The van der Waals surface area contributed by atoms with Crippen molar-refractivity contribution in [3.05, 3.63) is 84.6 Å². The Balaban J connectivity index is 0.000000188. The number of aromatic amines is 1. The number of alkyl halides is 3. The van der Waals surface area contributed by atoms with Crippen LogP contribution in [0.3, 0.4) is 0 Å². The number of nitrogens with one attached hydrogen (secondary N) is 2. The predicted octanol–water partition coefficient (Wildman–Crippen LogP) is 6.49. The quantitative estimate of drug-likeness (QED) is 0.350. The molecular formula is C22H17F3N2OS. The molecule has 0 fully saturated rings. The zero-order chi connectivity index (χ0) is 20.3. The van der Waals surface area contributed by atoms with Gasteiger partial charge in [0, 0.05) is 17.3 Å². The smallest absolute Gasteiger partial charge is 0.416 e. The first-order valence-electron chi connectivity index (χ1n) is 8.87. The molecule has 2 N–H and O–H groups in total. The third-order valence-electron chi connectivity index (χ3n) is 4.43. The molecule has 5 rings (SSSR count). The van der Waals surface area contributed by atoms with E-state index in [0.29, 0.717) is 6.73 Å². The number of benzene rings is 3. The summed E-state index contributed by atoms with van der Waals surface area (Å²) in [6, 6.07) is 21.0. The van der Waals surface area contributed by atoms with E-state index < -0.39 is 11.7 Å². The lowest BCUT2D eigenvalue weighted by Crippen LogP contribution is -2.17. The van der Waals surface area contributed by atoms with Crippen LogP contribution in [0.1, 0.15) is 5.56 Å². The van der Waals surface area contributed by atoms with Crippen LogP contribution in [0, 0.1) is 0 Å². The molecule has 0 atom stereocenters. The summed E-state index contributed by atoms with van der Waals surface area (Å²) in [6.07, 6.45) is -2.36. The van der Waals surface area contributed by atoms with E-state index in [0.717, 1.165) is 33.9 Å². The SMILES string of the molecule is FC(F)(F)c1ccc(-c2cccc3c2SNCO3)cc1.c1ccc2[nH]ccc2c1. The van der Waals surface area contributed by atoms with Crippen molar-refractivity contribution in [1.82, 2.24) is 9.71 Å². The fourth-order valence-corrected chi connectivity index (χ4v) is 3.79. The molecule has 0 bridgehead atoms. The summed E-state index contributed by atoms with van der Waals surface area (Å²) in [6.45, 7) is 0.411. The van der Waals surface area contributed by atoms with Gasteiger partial charge in [0.15, 0.2) is 0 Å². The van der Waals surface area contributed by atoms with E-state index in [1.807, 2.05) is 36.5 Å². The highest BCUT2D eigenvalue weighted by molar-refractivity contribution is 7.97. The zero-order valence-corrected chi connectivity index (χ0v) is 16.0. The van der Waals surface area contributed by atoms with Gasteiger partial charge in [0.25, 0.3) is 0 Å². The van der Waals surface area contributed by atoms with E-state index in [1.54, 1.807) is 0 Å². The van der Waals surface area contributed by atoms with Gasteiger partial charge in [0.05, 0.1) is 10.5 Å². The molecule has 7 heteroatoms. The Kier molecular flexibility index (Phi) is 5.51. The minimum Gasteiger partial charge on any atom is -0.476 e. The van der Waals surface area contributed by atoms with Gasteiger partial charge in [-0.2, -0.15) is 13.2 Å². The van der Waals surface area contributed by atoms with E-state index in [-0.39, 0.29) is 0 Å².